The SMILES string of the molecule is C1=CC2NC=CC2N=C1.C1=CN=C(c2ccccn2)C1.C1=Cc2cccnc2C1.C1=Nc2ccccc2C1.C=C1C=Nc2c(OC)ccnc2N1.C=C1CCc2c(OC)ccnc2N1.COc1cc2nccc(OC)c2cc1OC.Cc1ccncn1.O=c1[nH]cnc2ccccc12.c1ccc2scnc2c1.c1ccncc1.c1cnc2ncncc2c1.c1cnn2ccnc2c1. The maximum atomic E-state index is 11.1. The minimum absolute atomic E-state index is 0.0874. The number of fused-ring (bicyclic) bond motifs is 10. The molecule has 132 heavy (non-hydrogen) atoms. The molecule has 6 aliphatic heterocycles. The number of nitrogens with zero attached hydrogens (tertiary/aromatic N) is 20. The zero-order valence-electron chi connectivity index (χ0n) is 73.4. The van der Waals surface area contributed by atoms with Gasteiger partial charge in [-0.05, 0) is 158 Å². The summed E-state index contributed by atoms with van der Waals surface area (Å²) >= 11 is 1.68. The number of benzene rings is 4. The van der Waals surface area contributed by atoms with Gasteiger partial charge in [0.05, 0.1) is 121 Å². The van der Waals surface area contributed by atoms with Gasteiger partial charge in [0.25, 0.3) is 5.56 Å². The fourth-order valence-corrected chi connectivity index (χ4v) is 13.3. The molecular formula is C101H96N24O6S. The van der Waals surface area contributed by atoms with E-state index in [0.29, 0.717) is 40.5 Å². The molecule has 662 valence electrons. The fourth-order valence-electron chi connectivity index (χ4n) is 12.7. The van der Waals surface area contributed by atoms with Gasteiger partial charge >= 0.3 is 0 Å². The monoisotopic (exact) mass is 1770 g/mol. The quantitative estimate of drug-likeness (QED) is 0.120. The van der Waals surface area contributed by atoms with Crippen molar-refractivity contribution in [1.82, 2.24) is 89.7 Å². The molecule has 31 heteroatoms. The van der Waals surface area contributed by atoms with Crippen molar-refractivity contribution >= 4 is 113 Å². The minimum atomic E-state index is -0.0874. The highest BCUT2D eigenvalue weighted by molar-refractivity contribution is 7.16. The van der Waals surface area contributed by atoms with Gasteiger partial charge in [-0.1, -0.05) is 98.1 Å². The number of anilines is 2. The van der Waals surface area contributed by atoms with Crippen molar-refractivity contribution in [2.24, 2.45) is 20.0 Å². The second-order valence-corrected chi connectivity index (χ2v) is 28.8. The molecule has 0 bridgehead atoms. The predicted octanol–water partition coefficient (Wildman–Crippen LogP) is 18.7. The van der Waals surface area contributed by atoms with Crippen molar-refractivity contribution in [3.05, 3.63) is 399 Å². The Kier molecular flexibility index (Phi) is 36.6. The van der Waals surface area contributed by atoms with Crippen LogP contribution in [0.3, 0.4) is 0 Å². The van der Waals surface area contributed by atoms with Crippen LogP contribution in [0.5, 0.6) is 28.7 Å². The molecule has 17 aromatic rings. The summed E-state index contributed by atoms with van der Waals surface area (Å²) in [6.07, 6.45) is 53.7. The van der Waals surface area contributed by atoms with Gasteiger partial charge in [-0.15, -0.1) is 11.3 Å². The second-order valence-electron chi connectivity index (χ2n) is 28.0. The average molecular weight is 1770 g/mol. The van der Waals surface area contributed by atoms with E-state index in [2.05, 4.69) is 171 Å². The molecule has 2 atom stereocenters. The summed E-state index contributed by atoms with van der Waals surface area (Å²) in [6, 6.07) is 58.6. The molecule has 0 saturated heterocycles. The summed E-state index contributed by atoms with van der Waals surface area (Å²) in [6.45, 7) is 9.54. The zero-order valence-corrected chi connectivity index (χ0v) is 74.2. The number of ether oxygens (including phenoxy) is 5. The van der Waals surface area contributed by atoms with E-state index in [-0.39, 0.29) is 5.56 Å². The molecule has 19 heterocycles. The van der Waals surface area contributed by atoms with E-state index in [1.54, 1.807) is 138 Å². The first-order valence-electron chi connectivity index (χ1n) is 41.5. The van der Waals surface area contributed by atoms with Crippen LogP contribution < -0.4 is 45.2 Å². The lowest BCUT2D eigenvalue weighted by molar-refractivity contribution is 0.355. The summed E-state index contributed by atoms with van der Waals surface area (Å²) in [5.74, 6) is 5.29. The van der Waals surface area contributed by atoms with Crippen molar-refractivity contribution in [2.45, 2.75) is 51.1 Å². The second kappa shape index (κ2) is 51.4. The summed E-state index contributed by atoms with van der Waals surface area (Å²) in [4.78, 5) is 86.7. The predicted molar refractivity (Wildman–Crippen MR) is 526 cm³/mol. The third kappa shape index (κ3) is 28.6. The highest BCUT2D eigenvalue weighted by atomic mass is 32.1. The van der Waals surface area contributed by atoms with Crippen LogP contribution in [-0.2, 0) is 19.3 Å². The number of imidazole rings is 1. The van der Waals surface area contributed by atoms with Crippen LogP contribution >= 0.6 is 11.3 Å². The molecule has 24 rings (SSSR count). The van der Waals surface area contributed by atoms with Crippen LogP contribution in [0.1, 0.15) is 46.6 Å². The first-order chi connectivity index (χ1) is 64.9. The number of aliphatic imine (C=N–C) groups is 4. The van der Waals surface area contributed by atoms with Crippen molar-refractivity contribution in [2.75, 3.05) is 46.2 Å². The molecule has 30 nitrogen and oxygen atoms in total. The number of rotatable bonds is 6. The number of aromatic nitrogens is 17. The van der Waals surface area contributed by atoms with E-state index in [4.69, 9.17) is 23.7 Å². The lowest BCUT2D eigenvalue weighted by Gasteiger charge is -2.20. The Labute approximate surface area is 766 Å². The number of hydrogen-bond donors (Lipinski definition) is 4. The van der Waals surface area contributed by atoms with Gasteiger partial charge in [0, 0.05) is 158 Å². The maximum Gasteiger partial charge on any atom is 0.258 e. The van der Waals surface area contributed by atoms with Crippen molar-refractivity contribution in [3.63, 3.8) is 0 Å². The smallest absolute Gasteiger partial charge is 0.258 e. The Morgan fingerprint density at radius 1 is 0.530 bits per heavy atom. The molecule has 4 aromatic carbocycles. The van der Waals surface area contributed by atoms with E-state index in [1.807, 2.05) is 213 Å². The van der Waals surface area contributed by atoms with Gasteiger partial charge < -0.3 is 44.6 Å². The Morgan fingerprint density at radius 3 is 2.00 bits per heavy atom. The highest BCUT2D eigenvalue weighted by Gasteiger charge is 2.20. The molecule has 1 aliphatic carbocycles. The topological polar surface area (TPSA) is 362 Å². The largest absolute Gasteiger partial charge is 0.496 e. The van der Waals surface area contributed by atoms with Crippen molar-refractivity contribution in [3.8, 4) is 28.7 Å². The molecule has 2 unspecified atom stereocenters. The van der Waals surface area contributed by atoms with E-state index >= 15 is 0 Å². The number of methoxy groups -OCH3 is 5. The lowest BCUT2D eigenvalue weighted by atomic mass is 10.0. The van der Waals surface area contributed by atoms with Crippen LogP contribution in [0, 0.1) is 6.92 Å². The molecule has 0 radical (unpaired) electrons. The minimum Gasteiger partial charge on any atom is -0.496 e. The lowest BCUT2D eigenvalue weighted by Crippen LogP contribution is -2.28. The van der Waals surface area contributed by atoms with Crippen molar-refractivity contribution < 1.29 is 23.7 Å². The van der Waals surface area contributed by atoms with Gasteiger partial charge in [0.15, 0.2) is 28.6 Å². The molecule has 0 amide bonds. The van der Waals surface area contributed by atoms with Crippen LogP contribution in [0.15, 0.2) is 379 Å². The number of pyridine rings is 7. The molecule has 0 fully saturated rings. The van der Waals surface area contributed by atoms with Crippen LogP contribution in [0.25, 0.3) is 54.8 Å². The van der Waals surface area contributed by atoms with Crippen LogP contribution in [0.2, 0.25) is 0 Å². The molecule has 0 saturated carbocycles. The van der Waals surface area contributed by atoms with E-state index in [0.717, 1.165) is 133 Å². The van der Waals surface area contributed by atoms with E-state index in [9.17, 15) is 4.79 Å². The van der Waals surface area contributed by atoms with Gasteiger partial charge in [-0.2, -0.15) is 5.10 Å². The first kappa shape index (κ1) is 93.9. The van der Waals surface area contributed by atoms with Crippen molar-refractivity contribution in [1.29, 1.82) is 0 Å². The van der Waals surface area contributed by atoms with Gasteiger partial charge in [-0.25, -0.2) is 59.3 Å². The summed E-state index contributed by atoms with van der Waals surface area (Å²) in [7, 11) is 8.12. The Morgan fingerprint density at radius 2 is 1.27 bits per heavy atom. The van der Waals surface area contributed by atoms with Gasteiger partial charge in [0.2, 0.25) is 0 Å². The number of nitrogens with one attached hydrogen (secondary N) is 4. The van der Waals surface area contributed by atoms with Gasteiger partial charge in [-0.3, -0.25) is 39.7 Å². The zero-order chi connectivity index (χ0) is 92.0. The summed E-state index contributed by atoms with van der Waals surface area (Å²) in [5.41, 5.74) is 17.7. The molecular weight excluding hydrogens is 1680 g/mol. The number of aryl methyl sites for hydroxylation is 1. The van der Waals surface area contributed by atoms with Gasteiger partial charge in [0.1, 0.15) is 41.4 Å². The molecule has 7 aliphatic rings. The number of aromatic amines is 1. The number of H-pyrrole nitrogens is 1. The van der Waals surface area contributed by atoms with E-state index in [1.165, 1.54) is 40.5 Å². The number of dihydropyridines is 1. The fraction of sp³-hybridized carbons (Fsp3) is 0.129. The maximum absolute atomic E-state index is 11.1. The number of allylic oxidation sites excluding steroid dienone is 5. The Bertz CT molecular complexity index is 6590. The molecule has 13 aromatic heterocycles. The summed E-state index contributed by atoms with van der Waals surface area (Å²) < 4.78 is 29.1. The third-order valence-corrected chi connectivity index (χ3v) is 20.0. The molecule has 0 spiro atoms. The Balaban J connectivity index is 0.000000130. The van der Waals surface area contributed by atoms with Crippen LogP contribution in [-0.4, -0.2) is 156 Å². The summed E-state index contributed by atoms with van der Waals surface area (Å²) in [5, 5.41) is 15.8. The normalized spacial score (nSPS) is 13.5. The number of hydrogen-bond acceptors (Lipinski definition) is 29. The Hall–Kier alpha value is -17.2. The highest BCUT2D eigenvalue weighted by Crippen LogP contribution is 2.37. The number of thiazole rings is 1. The first-order valence-corrected chi connectivity index (χ1v) is 42.4. The third-order valence-electron chi connectivity index (χ3n) is 19.2. The molecule has 4 N–H and O–H groups in total. The number of para-hydroxylation sites is 3. The van der Waals surface area contributed by atoms with Crippen LogP contribution in [0.4, 0.5) is 23.0 Å². The standard InChI is InChI=1S/C12H13NO3.C10H12N2O.C9H9N3O.C9H8N2.C8H6N2O.2C8H7N.C7H5N3.C7H8N2.C7H5NS.C6H5N3.C5H6N2.C5H5N/c1-14-10-4-5-13-9-7-12(16-3)11(15-2)6-8(9)10;1-7-3-4-8-9(13-2)5-6-11-10(8)12-7;1-6-5-11-8-7(13-2)3-4-10-9(8)12-6;1-2-6-10-8(4-1)9-5-3-7-11-9;11-8-6-3-1-2-4-7(6)9-5-10-8;1-3-7-4-2-6-9-8(7)5-1;1-2-4-8-7(3-1)5-6-9-8;1-2-6-4-8-5-10-7(6)9-3-1;1-2-6-7(8-4-1)3-5-9-6;1-2-4-7-6(3-1)8-5-9-7;1-2-6-7-4-5-9(6)8-3-1;1-5-2-3-6-4-7-5;1-2-4-6-5-3-1/h4-7H,1-3H3;5-6H,1,3-4H2,2H3,(H,11,12);3-5H,1H2,2H3,(H,10,12);1-4,6-7H,5H2;1-5H,(H,9,10,11);2*1-4,6H,5H2;1-5H;1-7,9H;2*1-5H;2-4H,1H3;1-5H. The van der Waals surface area contributed by atoms with E-state index < -0.39 is 0 Å². The average Bonchev–Trinajstić information content (AvgIpc) is 1.30.